The molecule has 1 heterocycles. The Hall–Kier alpha value is -1.10. The first-order valence-corrected chi connectivity index (χ1v) is 6.85. The molecule has 1 aromatic carbocycles. The van der Waals surface area contributed by atoms with Crippen LogP contribution in [0.1, 0.15) is 18.1 Å². The maximum Gasteiger partial charge on any atom is 0.224 e. The summed E-state index contributed by atoms with van der Waals surface area (Å²) < 4.78 is 5.42. The Morgan fingerprint density at radius 1 is 1.63 bits per heavy atom. The SMILES string of the molecule is COC(CNC(=O)C1CCNC1)c1cccc(Cl)c1. The molecule has 1 saturated heterocycles. The van der Waals surface area contributed by atoms with E-state index in [1.807, 2.05) is 24.3 Å². The lowest BCUT2D eigenvalue weighted by Gasteiger charge is -2.18. The van der Waals surface area contributed by atoms with Gasteiger partial charge in [0.15, 0.2) is 0 Å². The molecule has 0 spiro atoms. The van der Waals surface area contributed by atoms with Gasteiger partial charge in [0.2, 0.25) is 5.91 Å². The molecule has 0 aromatic heterocycles. The molecule has 1 aliphatic heterocycles. The minimum absolute atomic E-state index is 0.0804. The molecule has 0 saturated carbocycles. The van der Waals surface area contributed by atoms with E-state index in [0.717, 1.165) is 25.1 Å². The van der Waals surface area contributed by atoms with Gasteiger partial charge < -0.3 is 15.4 Å². The van der Waals surface area contributed by atoms with Gasteiger partial charge in [0.1, 0.15) is 0 Å². The molecule has 2 atom stereocenters. The summed E-state index contributed by atoms with van der Waals surface area (Å²) >= 11 is 5.96. The molecular formula is C14H19ClN2O2. The standard InChI is InChI=1S/C14H19ClN2O2/c1-19-13(10-3-2-4-12(15)7-10)9-17-14(18)11-5-6-16-8-11/h2-4,7,11,13,16H,5-6,8-9H2,1H3,(H,17,18). The van der Waals surface area contributed by atoms with Crippen molar-refractivity contribution in [3.63, 3.8) is 0 Å². The maximum absolute atomic E-state index is 11.9. The molecule has 2 N–H and O–H groups in total. The highest BCUT2D eigenvalue weighted by Crippen LogP contribution is 2.20. The molecule has 1 aliphatic rings. The van der Waals surface area contributed by atoms with Crippen LogP contribution in [0.2, 0.25) is 5.02 Å². The number of methoxy groups -OCH3 is 1. The van der Waals surface area contributed by atoms with E-state index in [1.165, 1.54) is 0 Å². The van der Waals surface area contributed by atoms with Gasteiger partial charge in [-0.15, -0.1) is 0 Å². The predicted molar refractivity (Wildman–Crippen MR) is 75.2 cm³/mol. The topological polar surface area (TPSA) is 50.4 Å². The van der Waals surface area contributed by atoms with Gasteiger partial charge in [-0.05, 0) is 30.7 Å². The number of hydrogen-bond donors (Lipinski definition) is 2. The van der Waals surface area contributed by atoms with Crippen LogP contribution in [0.3, 0.4) is 0 Å². The van der Waals surface area contributed by atoms with Crippen LogP contribution in [0.5, 0.6) is 0 Å². The second-order valence-electron chi connectivity index (χ2n) is 4.71. The lowest BCUT2D eigenvalue weighted by molar-refractivity contribution is -0.125. The highest BCUT2D eigenvalue weighted by atomic mass is 35.5. The normalized spacial score (nSPS) is 20.2. The number of carbonyl (C=O) groups excluding carboxylic acids is 1. The molecule has 4 nitrogen and oxygen atoms in total. The van der Waals surface area contributed by atoms with Gasteiger partial charge in [-0.1, -0.05) is 23.7 Å². The number of amides is 1. The molecule has 2 unspecified atom stereocenters. The smallest absolute Gasteiger partial charge is 0.224 e. The van der Waals surface area contributed by atoms with Crippen LogP contribution in [0.4, 0.5) is 0 Å². The molecule has 0 aliphatic carbocycles. The maximum atomic E-state index is 11.9. The van der Waals surface area contributed by atoms with Crippen molar-refractivity contribution in [2.24, 2.45) is 5.92 Å². The van der Waals surface area contributed by atoms with Crippen LogP contribution < -0.4 is 10.6 Å². The molecule has 1 aromatic rings. The van der Waals surface area contributed by atoms with Crippen molar-refractivity contribution >= 4 is 17.5 Å². The summed E-state index contributed by atoms with van der Waals surface area (Å²) in [5.41, 5.74) is 0.972. The van der Waals surface area contributed by atoms with E-state index in [2.05, 4.69) is 10.6 Å². The average molecular weight is 283 g/mol. The molecule has 19 heavy (non-hydrogen) atoms. The number of carbonyl (C=O) groups is 1. The Morgan fingerprint density at radius 2 is 2.47 bits per heavy atom. The van der Waals surface area contributed by atoms with Crippen LogP contribution in [-0.4, -0.2) is 32.7 Å². The van der Waals surface area contributed by atoms with Crippen LogP contribution >= 0.6 is 11.6 Å². The third-order valence-corrected chi connectivity index (χ3v) is 3.63. The average Bonchev–Trinajstić information content (AvgIpc) is 2.93. The quantitative estimate of drug-likeness (QED) is 0.865. The zero-order valence-electron chi connectivity index (χ0n) is 11.0. The minimum atomic E-state index is -0.169. The van der Waals surface area contributed by atoms with Crippen molar-refractivity contribution in [1.29, 1.82) is 0 Å². The fourth-order valence-corrected chi connectivity index (χ4v) is 2.46. The van der Waals surface area contributed by atoms with E-state index in [-0.39, 0.29) is 17.9 Å². The fraction of sp³-hybridized carbons (Fsp3) is 0.500. The third kappa shape index (κ3) is 3.93. The number of rotatable bonds is 5. The lowest BCUT2D eigenvalue weighted by Crippen LogP contribution is -2.35. The monoisotopic (exact) mass is 282 g/mol. The summed E-state index contributed by atoms with van der Waals surface area (Å²) in [7, 11) is 1.63. The zero-order chi connectivity index (χ0) is 13.7. The van der Waals surface area contributed by atoms with E-state index >= 15 is 0 Å². The van der Waals surface area contributed by atoms with Gasteiger partial charge >= 0.3 is 0 Å². The largest absolute Gasteiger partial charge is 0.375 e. The van der Waals surface area contributed by atoms with Crippen molar-refractivity contribution in [2.45, 2.75) is 12.5 Å². The zero-order valence-corrected chi connectivity index (χ0v) is 11.7. The predicted octanol–water partition coefficient (Wildman–Crippen LogP) is 1.75. The van der Waals surface area contributed by atoms with Gasteiger partial charge in [-0.2, -0.15) is 0 Å². The summed E-state index contributed by atoms with van der Waals surface area (Å²) in [6, 6.07) is 7.51. The van der Waals surface area contributed by atoms with Crippen molar-refractivity contribution in [3.05, 3.63) is 34.9 Å². The van der Waals surface area contributed by atoms with Crippen LogP contribution in [0.15, 0.2) is 24.3 Å². The first-order chi connectivity index (χ1) is 9.20. The fourth-order valence-electron chi connectivity index (χ4n) is 2.26. The lowest BCUT2D eigenvalue weighted by atomic mass is 10.1. The first-order valence-electron chi connectivity index (χ1n) is 6.47. The van der Waals surface area contributed by atoms with E-state index in [1.54, 1.807) is 7.11 Å². The molecule has 0 bridgehead atoms. The second kappa shape index (κ2) is 6.89. The summed E-state index contributed by atoms with van der Waals surface area (Å²) in [6.07, 6.45) is 0.734. The van der Waals surface area contributed by atoms with Gasteiger partial charge in [-0.3, -0.25) is 4.79 Å². The Balaban J connectivity index is 1.90. The van der Waals surface area contributed by atoms with Crippen molar-refractivity contribution in [3.8, 4) is 0 Å². The van der Waals surface area contributed by atoms with Crippen LogP contribution in [-0.2, 0) is 9.53 Å². The third-order valence-electron chi connectivity index (χ3n) is 3.40. The van der Waals surface area contributed by atoms with E-state index in [0.29, 0.717) is 11.6 Å². The summed E-state index contributed by atoms with van der Waals surface area (Å²) in [4.78, 5) is 11.9. The second-order valence-corrected chi connectivity index (χ2v) is 5.15. The molecule has 1 fully saturated rings. The van der Waals surface area contributed by atoms with Gasteiger partial charge in [-0.25, -0.2) is 0 Å². The number of halogens is 1. The summed E-state index contributed by atoms with van der Waals surface area (Å²) in [5, 5.41) is 6.80. The van der Waals surface area contributed by atoms with E-state index in [4.69, 9.17) is 16.3 Å². The summed E-state index contributed by atoms with van der Waals surface area (Å²) in [5.74, 6) is 0.172. The molecular weight excluding hydrogens is 264 g/mol. The minimum Gasteiger partial charge on any atom is -0.375 e. The Bertz CT molecular complexity index is 433. The number of benzene rings is 1. The van der Waals surface area contributed by atoms with Crippen molar-refractivity contribution < 1.29 is 9.53 Å². The van der Waals surface area contributed by atoms with Gasteiger partial charge in [0, 0.05) is 25.2 Å². The van der Waals surface area contributed by atoms with E-state index < -0.39 is 0 Å². The Morgan fingerprint density at radius 3 is 3.11 bits per heavy atom. The first kappa shape index (κ1) is 14.3. The van der Waals surface area contributed by atoms with Crippen LogP contribution in [0, 0.1) is 5.92 Å². The molecule has 2 rings (SSSR count). The number of nitrogens with one attached hydrogen (secondary N) is 2. The highest BCUT2D eigenvalue weighted by Gasteiger charge is 2.23. The van der Waals surface area contributed by atoms with Crippen LogP contribution in [0.25, 0.3) is 0 Å². The molecule has 0 radical (unpaired) electrons. The Labute approximate surface area is 118 Å². The molecule has 1 amide bonds. The van der Waals surface area contributed by atoms with E-state index in [9.17, 15) is 4.79 Å². The molecule has 5 heteroatoms. The molecule has 104 valence electrons. The van der Waals surface area contributed by atoms with Gasteiger partial charge in [0.05, 0.1) is 12.0 Å². The number of ether oxygens (including phenoxy) is 1. The van der Waals surface area contributed by atoms with Gasteiger partial charge in [0.25, 0.3) is 0 Å². The summed E-state index contributed by atoms with van der Waals surface area (Å²) in [6.45, 7) is 2.15. The highest BCUT2D eigenvalue weighted by molar-refractivity contribution is 6.30. The van der Waals surface area contributed by atoms with Crippen molar-refractivity contribution in [2.75, 3.05) is 26.7 Å². The Kier molecular flexibility index (Phi) is 5.19. The van der Waals surface area contributed by atoms with Crippen molar-refractivity contribution in [1.82, 2.24) is 10.6 Å². The number of hydrogen-bond acceptors (Lipinski definition) is 3.